The van der Waals surface area contributed by atoms with Gasteiger partial charge in [0.15, 0.2) is 0 Å². The molecule has 0 aliphatic carbocycles. The van der Waals surface area contributed by atoms with E-state index in [-0.39, 0.29) is 5.60 Å². The van der Waals surface area contributed by atoms with Gasteiger partial charge in [-0.2, -0.15) is 0 Å². The van der Waals surface area contributed by atoms with Crippen LogP contribution in [-0.4, -0.2) is 13.1 Å². The van der Waals surface area contributed by atoms with Crippen molar-refractivity contribution in [3.63, 3.8) is 0 Å². The number of aryl methyl sites for hydroxylation is 1. The zero-order chi connectivity index (χ0) is 11.0. The van der Waals surface area contributed by atoms with Crippen LogP contribution in [0.3, 0.4) is 0 Å². The number of rotatable bonds is 0. The van der Waals surface area contributed by atoms with Crippen LogP contribution in [0.4, 0.5) is 0 Å². The minimum absolute atomic E-state index is 0.0204. The normalized spacial score (nSPS) is 29.1. The highest BCUT2D eigenvalue weighted by Gasteiger charge is 2.39. The molecule has 2 heteroatoms. The third kappa shape index (κ3) is 1.57. The summed E-state index contributed by atoms with van der Waals surface area (Å²) in [5.41, 5.74) is 4.21. The van der Waals surface area contributed by atoms with Gasteiger partial charge in [0.05, 0.1) is 12.2 Å². The summed E-state index contributed by atoms with van der Waals surface area (Å²) < 4.78 is 6.15. The second-order valence-corrected chi connectivity index (χ2v) is 5.05. The van der Waals surface area contributed by atoms with Gasteiger partial charge in [-0.15, -0.1) is 0 Å². The van der Waals surface area contributed by atoms with Gasteiger partial charge in [0.1, 0.15) is 0 Å². The molecule has 0 aromatic heterocycles. The molecule has 1 unspecified atom stereocenters. The third-order valence-corrected chi connectivity index (χ3v) is 3.90. The molecule has 1 N–H and O–H groups in total. The molecule has 2 aliphatic heterocycles. The van der Waals surface area contributed by atoms with Crippen molar-refractivity contribution < 1.29 is 4.74 Å². The van der Waals surface area contributed by atoms with E-state index in [9.17, 15) is 0 Å². The van der Waals surface area contributed by atoms with Gasteiger partial charge in [0, 0.05) is 0 Å². The quantitative estimate of drug-likeness (QED) is 0.721. The third-order valence-electron chi connectivity index (χ3n) is 3.90. The van der Waals surface area contributed by atoms with Crippen LogP contribution in [0, 0.1) is 6.92 Å². The molecule has 1 aromatic carbocycles. The van der Waals surface area contributed by atoms with Crippen molar-refractivity contribution in [1.82, 2.24) is 5.32 Å². The van der Waals surface area contributed by atoms with Gasteiger partial charge in [-0.3, -0.25) is 0 Å². The lowest BCUT2D eigenvalue weighted by molar-refractivity contribution is -0.0469. The van der Waals surface area contributed by atoms with E-state index in [4.69, 9.17) is 4.74 Å². The molecule has 1 fully saturated rings. The van der Waals surface area contributed by atoms with E-state index in [1.807, 2.05) is 0 Å². The Hall–Kier alpha value is -0.860. The van der Waals surface area contributed by atoms with Crippen LogP contribution in [-0.2, 0) is 16.9 Å². The Balaban J connectivity index is 2.00. The van der Waals surface area contributed by atoms with Gasteiger partial charge in [-0.05, 0) is 50.4 Å². The van der Waals surface area contributed by atoms with Crippen LogP contribution in [0.5, 0.6) is 0 Å². The highest BCUT2D eigenvalue weighted by Crippen LogP contribution is 2.43. The van der Waals surface area contributed by atoms with Crippen LogP contribution in [0.1, 0.15) is 36.0 Å². The molecule has 1 saturated heterocycles. The van der Waals surface area contributed by atoms with Crippen molar-refractivity contribution in [1.29, 1.82) is 0 Å². The van der Waals surface area contributed by atoms with Gasteiger partial charge < -0.3 is 10.1 Å². The van der Waals surface area contributed by atoms with Gasteiger partial charge in [0.25, 0.3) is 0 Å². The Labute approximate surface area is 97.0 Å². The van der Waals surface area contributed by atoms with Gasteiger partial charge >= 0.3 is 0 Å². The van der Waals surface area contributed by atoms with Crippen molar-refractivity contribution in [2.75, 3.05) is 13.1 Å². The maximum Gasteiger partial charge on any atom is 0.0951 e. The molecule has 3 rings (SSSR count). The molecular formula is C14H19NO. The average molecular weight is 217 g/mol. The van der Waals surface area contributed by atoms with E-state index in [1.54, 1.807) is 0 Å². The molecule has 1 atom stereocenters. The zero-order valence-electron chi connectivity index (χ0n) is 9.88. The maximum absolute atomic E-state index is 6.15. The molecule has 1 spiro atoms. The van der Waals surface area contributed by atoms with Crippen LogP contribution in [0.15, 0.2) is 18.2 Å². The lowest BCUT2D eigenvalue weighted by Gasteiger charge is -2.27. The first-order chi connectivity index (χ1) is 7.80. The van der Waals surface area contributed by atoms with Crippen LogP contribution < -0.4 is 5.32 Å². The largest absolute Gasteiger partial charge is 0.366 e. The van der Waals surface area contributed by atoms with Crippen LogP contribution in [0.25, 0.3) is 0 Å². The van der Waals surface area contributed by atoms with Gasteiger partial charge in [0.2, 0.25) is 0 Å². The highest BCUT2D eigenvalue weighted by molar-refractivity contribution is 5.38. The molecule has 2 aliphatic rings. The molecule has 2 heterocycles. The fraction of sp³-hybridized carbons (Fsp3) is 0.571. The smallest absolute Gasteiger partial charge is 0.0951 e. The van der Waals surface area contributed by atoms with Gasteiger partial charge in [-0.1, -0.05) is 23.8 Å². The summed E-state index contributed by atoms with van der Waals surface area (Å²) in [4.78, 5) is 0. The Kier molecular flexibility index (Phi) is 2.49. The van der Waals surface area contributed by atoms with Crippen molar-refractivity contribution in [2.45, 2.75) is 38.4 Å². The standard InChI is InChI=1S/C14H19NO/c1-11-3-4-13-12(9-11)10-16-14(13)5-2-7-15-8-6-14/h3-4,9,15H,2,5-8,10H2,1H3. The van der Waals surface area contributed by atoms with E-state index in [2.05, 4.69) is 30.4 Å². The number of fused-ring (bicyclic) bond motifs is 2. The second-order valence-electron chi connectivity index (χ2n) is 5.05. The fourth-order valence-corrected chi connectivity index (χ4v) is 3.03. The van der Waals surface area contributed by atoms with E-state index in [0.29, 0.717) is 0 Å². The van der Waals surface area contributed by atoms with E-state index in [0.717, 1.165) is 32.5 Å². The van der Waals surface area contributed by atoms with Crippen LogP contribution in [0.2, 0.25) is 0 Å². The Bertz CT molecular complexity index is 392. The minimum atomic E-state index is 0.0204. The lowest BCUT2D eigenvalue weighted by atomic mass is 9.85. The van der Waals surface area contributed by atoms with Crippen molar-refractivity contribution in [2.24, 2.45) is 0 Å². The predicted octanol–water partition coefficient (Wildman–Crippen LogP) is 2.49. The second kappa shape index (κ2) is 3.86. The zero-order valence-corrected chi connectivity index (χ0v) is 9.88. The summed E-state index contributed by atoms with van der Waals surface area (Å²) in [6.45, 7) is 5.16. The Morgan fingerprint density at radius 2 is 2.19 bits per heavy atom. The first-order valence-electron chi connectivity index (χ1n) is 6.25. The molecule has 1 aromatic rings. The number of nitrogens with one attached hydrogen (secondary N) is 1. The summed E-state index contributed by atoms with van der Waals surface area (Å²) in [6.07, 6.45) is 3.49. The summed E-state index contributed by atoms with van der Waals surface area (Å²) in [7, 11) is 0. The van der Waals surface area contributed by atoms with Crippen molar-refractivity contribution >= 4 is 0 Å². The molecule has 2 nitrogen and oxygen atoms in total. The summed E-state index contributed by atoms with van der Waals surface area (Å²) in [6, 6.07) is 6.78. The average Bonchev–Trinajstić information content (AvgIpc) is 2.48. The number of hydrogen-bond donors (Lipinski definition) is 1. The Morgan fingerprint density at radius 1 is 1.25 bits per heavy atom. The van der Waals surface area contributed by atoms with Crippen molar-refractivity contribution in [3.8, 4) is 0 Å². The highest BCUT2D eigenvalue weighted by atomic mass is 16.5. The first kappa shape index (κ1) is 10.3. The summed E-state index contributed by atoms with van der Waals surface area (Å²) in [5.74, 6) is 0. The molecule has 0 radical (unpaired) electrons. The number of hydrogen-bond acceptors (Lipinski definition) is 2. The summed E-state index contributed by atoms with van der Waals surface area (Å²) in [5, 5.41) is 3.46. The molecule has 16 heavy (non-hydrogen) atoms. The fourth-order valence-electron chi connectivity index (χ4n) is 3.03. The van der Waals surface area contributed by atoms with E-state index in [1.165, 1.54) is 23.1 Å². The lowest BCUT2D eigenvalue weighted by Crippen LogP contribution is -2.26. The maximum atomic E-state index is 6.15. The number of ether oxygens (including phenoxy) is 1. The molecule has 86 valence electrons. The molecule has 0 amide bonds. The van der Waals surface area contributed by atoms with Crippen LogP contribution >= 0.6 is 0 Å². The van der Waals surface area contributed by atoms with Crippen molar-refractivity contribution in [3.05, 3.63) is 34.9 Å². The first-order valence-corrected chi connectivity index (χ1v) is 6.25. The Morgan fingerprint density at radius 3 is 3.12 bits per heavy atom. The topological polar surface area (TPSA) is 21.3 Å². The molecule has 0 bridgehead atoms. The SMILES string of the molecule is Cc1ccc2c(c1)COC21CCCNCC1. The number of benzene rings is 1. The van der Waals surface area contributed by atoms with E-state index >= 15 is 0 Å². The molecule has 0 saturated carbocycles. The molecular weight excluding hydrogens is 198 g/mol. The summed E-state index contributed by atoms with van der Waals surface area (Å²) >= 11 is 0. The van der Waals surface area contributed by atoms with E-state index < -0.39 is 0 Å². The predicted molar refractivity (Wildman–Crippen MR) is 64.4 cm³/mol. The monoisotopic (exact) mass is 217 g/mol. The van der Waals surface area contributed by atoms with Gasteiger partial charge in [-0.25, -0.2) is 0 Å². The minimum Gasteiger partial charge on any atom is -0.366 e.